The summed E-state index contributed by atoms with van der Waals surface area (Å²) in [6.07, 6.45) is -6.88. The molecule has 1 amide bonds. The Kier molecular flexibility index (Phi) is 11.1. The second-order valence-corrected chi connectivity index (χ2v) is 19.3. The molecule has 14 nitrogen and oxygen atoms in total. The van der Waals surface area contributed by atoms with Crippen LogP contribution >= 0.6 is 0 Å². The molecule has 4 fully saturated rings. The van der Waals surface area contributed by atoms with E-state index in [1.54, 1.807) is 102 Å². The molecule has 2 aromatic carbocycles. The Morgan fingerprint density at radius 3 is 2.13 bits per heavy atom. The Labute approximate surface area is 351 Å². The van der Waals surface area contributed by atoms with Gasteiger partial charge in [0.1, 0.15) is 35.6 Å². The van der Waals surface area contributed by atoms with Crippen LogP contribution in [0.5, 0.6) is 0 Å². The van der Waals surface area contributed by atoms with Gasteiger partial charge in [0, 0.05) is 24.2 Å². The van der Waals surface area contributed by atoms with Gasteiger partial charge in [-0.2, -0.15) is 0 Å². The van der Waals surface area contributed by atoms with Crippen LogP contribution < -0.4 is 5.32 Å². The van der Waals surface area contributed by atoms with E-state index in [-0.39, 0.29) is 18.6 Å². The number of esters is 3. The van der Waals surface area contributed by atoms with Gasteiger partial charge in [0.2, 0.25) is 0 Å². The molecule has 14 heteroatoms. The van der Waals surface area contributed by atoms with E-state index < -0.39 is 106 Å². The number of rotatable bonds is 8. The summed E-state index contributed by atoms with van der Waals surface area (Å²) in [5, 5.41) is 28.2. The number of benzene rings is 2. The molecule has 0 spiro atoms. The van der Waals surface area contributed by atoms with Gasteiger partial charge in [-0.05, 0) is 83.2 Å². The lowest BCUT2D eigenvalue weighted by molar-refractivity contribution is -0.346. The number of carbonyl (C=O) groups is 4. The highest BCUT2D eigenvalue weighted by Gasteiger charge is 2.77. The molecule has 2 bridgehead atoms. The normalized spacial score (nSPS) is 34.7. The summed E-state index contributed by atoms with van der Waals surface area (Å²) in [6.45, 7) is 17.5. The lowest BCUT2D eigenvalue weighted by atomic mass is 9.45. The Hall–Kier alpha value is -4.34. The fourth-order valence-corrected chi connectivity index (χ4v) is 10.7. The van der Waals surface area contributed by atoms with E-state index in [2.05, 4.69) is 5.32 Å². The van der Waals surface area contributed by atoms with Gasteiger partial charge in [-0.25, -0.2) is 14.4 Å². The van der Waals surface area contributed by atoms with Crippen LogP contribution in [0.2, 0.25) is 0 Å². The van der Waals surface area contributed by atoms with E-state index in [1.807, 2.05) is 20.8 Å². The van der Waals surface area contributed by atoms with Gasteiger partial charge in [-0.15, -0.1) is 0 Å². The topological polar surface area (TPSA) is 185 Å². The quantitative estimate of drug-likeness (QED) is 0.163. The van der Waals surface area contributed by atoms with Gasteiger partial charge < -0.3 is 48.7 Å². The van der Waals surface area contributed by atoms with Crippen molar-refractivity contribution in [1.29, 1.82) is 0 Å². The number of hydrogen-bond acceptors (Lipinski definition) is 13. The maximum Gasteiger partial charge on any atom is 0.408 e. The van der Waals surface area contributed by atoms with Crippen molar-refractivity contribution in [3.63, 3.8) is 0 Å². The molecular formula is C46H59NO13. The Balaban J connectivity index is 1.37. The van der Waals surface area contributed by atoms with Crippen LogP contribution in [0.4, 0.5) is 4.79 Å². The van der Waals surface area contributed by atoms with Crippen LogP contribution in [0, 0.1) is 16.7 Å². The summed E-state index contributed by atoms with van der Waals surface area (Å²) in [4.78, 5) is 54.8. The molecule has 0 unspecified atom stereocenters. The minimum Gasteiger partial charge on any atom is -0.456 e. The van der Waals surface area contributed by atoms with Gasteiger partial charge in [-0.3, -0.25) is 4.79 Å². The van der Waals surface area contributed by atoms with Crippen molar-refractivity contribution in [3.8, 4) is 0 Å². The predicted octanol–water partition coefficient (Wildman–Crippen LogP) is 5.88. The first-order valence-corrected chi connectivity index (χ1v) is 20.7. The molecule has 2 heterocycles. The fraction of sp³-hybridized carbons (Fsp3) is 0.609. The molecule has 11 atom stereocenters. The highest BCUT2D eigenvalue weighted by atomic mass is 16.8. The summed E-state index contributed by atoms with van der Waals surface area (Å²) in [7, 11) is 0. The highest BCUT2D eigenvalue weighted by Crippen LogP contribution is 2.67. The maximum absolute atomic E-state index is 14.4. The molecule has 5 aliphatic rings. The average Bonchev–Trinajstić information content (AvgIpc) is 3.48. The van der Waals surface area contributed by atoms with Gasteiger partial charge >= 0.3 is 24.0 Å². The van der Waals surface area contributed by atoms with Crippen LogP contribution in [0.15, 0.2) is 71.8 Å². The van der Waals surface area contributed by atoms with Crippen molar-refractivity contribution in [2.24, 2.45) is 16.7 Å². The number of fused-ring (bicyclic) bond motifs is 8. The number of amides is 1. The van der Waals surface area contributed by atoms with Crippen LogP contribution in [-0.2, 0) is 42.7 Å². The third kappa shape index (κ3) is 7.42. The first-order valence-electron chi connectivity index (χ1n) is 20.7. The molecule has 2 aliphatic heterocycles. The zero-order valence-electron chi connectivity index (χ0n) is 36.1. The summed E-state index contributed by atoms with van der Waals surface area (Å²) >= 11 is 0. The standard InChI is InChI=1S/C46H59NO13/c1-25-29(55-39(51)33(49)32(27-17-13-11-14-18-27)47-40(52)60-41(3,4)5)23-46(53)37(56-38(50)28-19-15-12-16-20-28)35-44(10,22-21-30-45(35,24-54-30)57-26(2)48)36-34(31(25)42(46,6)7)58-43(8,9)59-36/h11-20,29-30,32-37,49,53H,21-24H2,1-10H3,(H,47,52)/t29-,30+,32-,33+,34+,35-,36+,37-,44+,45-,46+/m0/s1. The highest BCUT2D eigenvalue weighted by molar-refractivity contribution is 5.89. The SMILES string of the molecule is CC(=O)O[C@@]12CO[C@@H]1CC[C@@]1(C)[C@@H]3OC(C)(C)O[C@@H]3C3=C(C)[C@@H](OC(=O)[C@H](O)[C@@H](NC(=O)OC(C)(C)C)c4ccccc4)C[C@@](O)([C@@H](OC(=O)c4ccccc4)[C@@H]12)C3(C)C. The van der Waals surface area contributed by atoms with E-state index in [0.29, 0.717) is 29.6 Å². The molecule has 2 aromatic rings. The molecule has 326 valence electrons. The Morgan fingerprint density at radius 2 is 1.55 bits per heavy atom. The first kappa shape index (κ1) is 43.7. The predicted molar refractivity (Wildman–Crippen MR) is 215 cm³/mol. The molecular weight excluding hydrogens is 774 g/mol. The van der Waals surface area contributed by atoms with Gasteiger partial charge in [-0.1, -0.05) is 69.3 Å². The lowest BCUT2D eigenvalue weighted by Gasteiger charge is -2.68. The maximum atomic E-state index is 14.4. The van der Waals surface area contributed by atoms with Crippen LogP contribution in [0.25, 0.3) is 0 Å². The second-order valence-electron chi connectivity index (χ2n) is 19.3. The van der Waals surface area contributed by atoms with Crippen LogP contribution in [0.1, 0.15) is 110 Å². The van der Waals surface area contributed by atoms with Crippen LogP contribution in [0.3, 0.4) is 0 Å². The Bertz CT molecular complexity index is 2030. The summed E-state index contributed by atoms with van der Waals surface area (Å²) < 4.78 is 44.5. The molecule has 3 aliphatic carbocycles. The number of aliphatic hydroxyl groups is 2. The van der Waals surface area contributed by atoms with Crippen molar-refractivity contribution in [2.45, 2.75) is 154 Å². The smallest absolute Gasteiger partial charge is 0.408 e. The third-order valence-electron chi connectivity index (χ3n) is 13.4. The van der Waals surface area contributed by atoms with E-state index in [1.165, 1.54) is 6.92 Å². The fourth-order valence-electron chi connectivity index (χ4n) is 10.7. The summed E-state index contributed by atoms with van der Waals surface area (Å²) in [6, 6.07) is 15.6. The van der Waals surface area contributed by atoms with Gasteiger partial charge in [0.05, 0.1) is 30.2 Å². The minimum atomic E-state index is -2.05. The number of nitrogens with one attached hydrogen (secondary N) is 1. The lowest BCUT2D eigenvalue weighted by Crippen LogP contribution is -2.79. The van der Waals surface area contributed by atoms with Crippen LogP contribution in [-0.4, -0.2) is 100 Å². The summed E-state index contributed by atoms with van der Waals surface area (Å²) in [5.41, 5.74) is -4.70. The Morgan fingerprint density at radius 1 is 0.917 bits per heavy atom. The van der Waals surface area contributed by atoms with Gasteiger partial charge in [0.15, 0.2) is 17.5 Å². The average molecular weight is 834 g/mol. The molecule has 3 N–H and O–H groups in total. The second kappa shape index (κ2) is 15.2. The molecule has 7 rings (SSSR count). The monoisotopic (exact) mass is 833 g/mol. The van der Waals surface area contributed by atoms with E-state index in [4.69, 9.17) is 33.2 Å². The largest absolute Gasteiger partial charge is 0.456 e. The van der Waals surface area contributed by atoms with Crippen molar-refractivity contribution >= 4 is 24.0 Å². The van der Waals surface area contributed by atoms with Crippen molar-refractivity contribution < 1.29 is 62.5 Å². The first-order chi connectivity index (χ1) is 27.9. The number of alkyl carbamates (subject to hydrolysis) is 1. The van der Waals surface area contributed by atoms with E-state index >= 15 is 0 Å². The number of hydrogen-bond donors (Lipinski definition) is 3. The molecule has 0 radical (unpaired) electrons. The molecule has 0 aromatic heterocycles. The summed E-state index contributed by atoms with van der Waals surface area (Å²) in [5.74, 6) is -4.44. The van der Waals surface area contributed by atoms with E-state index in [9.17, 15) is 29.4 Å². The number of aliphatic hydroxyl groups excluding tert-OH is 1. The third-order valence-corrected chi connectivity index (χ3v) is 13.4. The zero-order chi connectivity index (χ0) is 43.8. The van der Waals surface area contributed by atoms with Crippen molar-refractivity contribution in [2.75, 3.05) is 6.61 Å². The van der Waals surface area contributed by atoms with Crippen molar-refractivity contribution in [1.82, 2.24) is 5.32 Å². The molecule has 60 heavy (non-hydrogen) atoms. The number of carbonyl (C=O) groups excluding carboxylic acids is 4. The number of ether oxygens (including phenoxy) is 7. The molecule has 2 saturated carbocycles. The van der Waals surface area contributed by atoms with E-state index in [0.717, 1.165) is 0 Å². The molecule has 2 saturated heterocycles. The van der Waals surface area contributed by atoms with Crippen molar-refractivity contribution in [3.05, 3.63) is 82.9 Å². The minimum absolute atomic E-state index is 0.0209. The zero-order valence-corrected chi connectivity index (χ0v) is 36.1. The van der Waals surface area contributed by atoms with Gasteiger partial charge in [0.25, 0.3) is 0 Å².